The largest absolute Gasteiger partial charge is 0.465 e. The molecule has 0 bridgehead atoms. The summed E-state index contributed by atoms with van der Waals surface area (Å²) in [5.41, 5.74) is 2.14. The Bertz CT molecular complexity index is 751. The van der Waals surface area contributed by atoms with Gasteiger partial charge in [-0.15, -0.1) is 0 Å². The highest BCUT2D eigenvalue weighted by atomic mass is 79.9. The number of nitriles is 1. The van der Waals surface area contributed by atoms with E-state index in [2.05, 4.69) is 37.3 Å². The van der Waals surface area contributed by atoms with Gasteiger partial charge in [0, 0.05) is 23.8 Å². The van der Waals surface area contributed by atoms with E-state index in [1.165, 1.54) is 6.20 Å². The summed E-state index contributed by atoms with van der Waals surface area (Å²) in [6.07, 6.45) is 3.06. The molecule has 3 rings (SSSR count). The molecule has 0 saturated carbocycles. The minimum absolute atomic E-state index is 0.102. The summed E-state index contributed by atoms with van der Waals surface area (Å²) in [5.74, 6) is 0. The van der Waals surface area contributed by atoms with Crippen LogP contribution in [0, 0.1) is 11.3 Å². The lowest BCUT2D eigenvalue weighted by atomic mass is 10.2. The molecule has 0 aromatic carbocycles. The maximum Gasteiger partial charge on any atom is 0.404 e. The standard InChI is InChI=1S/C13H12BrN5O2/c14-9-3-11(12-8(4-15)5-16-19(12)6-9)18-2-1-10(7-18)17-13(20)21/h3,5-6,10,17H,1-2,7H2,(H,20,21). The van der Waals surface area contributed by atoms with Crippen molar-refractivity contribution in [2.45, 2.75) is 12.5 Å². The SMILES string of the molecule is N#Cc1cnn2cc(Br)cc(N3CCC(NC(=O)O)C3)c12. The number of amides is 1. The molecule has 2 aromatic heterocycles. The van der Waals surface area contributed by atoms with E-state index in [0.717, 1.165) is 28.6 Å². The summed E-state index contributed by atoms with van der Waals surface area (Å²) < 4.78 is 2.52. The van der Waals surface area contributed by atoms with Crippen LogP contribution in [0.5, 0.6) is 0 Å². The topological polar surface area (TPSA) is 93.7 Å². The molecule has 1 aliphatic rings. The van der Waals surface area contributed by atoms with Crippen molar-refractivity contribution in [1.29, 1.82) is 5.26 Å². The van der Waals surface area contributed by atoms with Crippen molar-refractivity contribution < 1.29 is 9.90 Å². The number of anilines is 1. The second-order valence-electron chi connectivity index (χ2n) is 4.89. The van der Waals surface area contributed by atoms with Gasteiger partial charge < -0.3 is 15.3 Å². The molecular weight excluding hydrogens is 338 g/mol. The first-order valence-corrected chi connectivity index (χ1v) is 7.19. The predicted molar refractivity (Wildman–Crippen MR) is 79.4 cm³/mol. The van der Waals surface area contributed by atoms with Gasteiger partial charge in [0.2, 0.25) is 0 Å². The average molecular weight is 350 g/mol. The van der Waals surface area contributed by atoms with Gasteiger partial charge in [-0.1, -0.05) is 0 Å². The van der Waals surface area contributed by atoms with Gasteiger partial charge in [0.15, 0.2) is 0 Å². The van der Waals surface area contributed by atoms with Gasteiger partial charge in [0.05, 0.1) is 23.5 Å². The molecule has 2 aromatic rings. The Morgan fingerprint density at radius 3 is 3.14 bits per heavy atom. The number of nitrogens with one attached hydrogen (secondary N) is 1. The van der Waals surface area contributed by atoms with Crippen molar-refractivity contribution in [2.75, 3.05) is 18.0 Å². The van der Waals surface area contributed by atoms with Crippen molar-refractivity contribution >= 4 is 33.2 Å². The molecule has 8 heteroatoms. The highest BCUT2D eigenvalue weighted by Gasteiger charge is 2.26. The van der Waals surface area contributed by atoms with Crippen LogP contribution in [0.1, 0.15) is 12.0 Å². The number of hydrogen-bond acceptors (Lipinski definition) is 4. The quantitative estimate of drug-likeness (QED) is 0.862. The van der Waals surface area contributed by atoms with E-state index in [1.54, 1.807) is 10.7 Å². The second kappa shape index (κ2) is 5.26. The molecule has 21 heavy (non-hydrogen) atoms. The smallest absolute Gasteiger partial charge is 0.404 e. The molecule has 1 saturated heterocycles. The number of carboxylic acid groups (broad SMARTS) is 1. The highest BCUT2D eigenvalue weighted by molar-refractivity contribution is 9.10. The first kappa shape index (κ1) is 13.7. The van der Waals surface area contributed by atoms with Crippen molar-refractivity contribution in [3.05, 3.63) is 28.5 Å². The number of hydrogen-bond donors (Lipinski definition) is 2. The van der Waals surface area contributed by atoms with Crippen LogP contribution in [0.2, 0.25) is 0 Å². The summed E-state index contributed by atoms with van der Waals surface area (Å²) >= 11 is 3.44. The van der Waals surface area contributed by atoms with E-state index in [-0.39, 0.29) is 6.04 Å². The number of carbonyl (C=O) groups is 1. The van der Waals surface area contributed by atoms with Gasteiger partial charge in [-0.05, 0) is 28.4 Å². The zero-order valence-corrected chi connectivity index (χ0v) is 12.5. The fourth-order valence-electron chi connectivity index (χ4n) is 2.66. The molecule has 2 N–H and O–H groups in total. The molecule has 0 spiro atoms. The zero-order valence-electron chi connectivity index (χ0n) is 11.0. The number of rotatable bonds is 2. The molecular formula is C13H12BrN5O2. The number of aromatic nitrogens is 2. The molecule has 1 atom stereocenters. The lowest BCUT2D eigenvalue weighted by Gasteiger charge is -2.20. The van der Waals surface area contributed by atoms with Gasteiger partial charge in [0.1, 0.15) is 11.6 Å². The van der Waals surface area contributed by atoms with E-state index < -0.39 is 6.09 Å². The predicted octanol–water partition coefficient (Wildman–Crippen LogP) is 1.81. The van der Waals surface area contributed by atoms with Gasteiger partial charge in [-0.3, -0.25) is 0 Å². The van der Waals surface area contributed by atoms with Crippen LogP contribution in [0.4, 0.5) is 10.5 Å². The monoisotopic (exact) mass is 349 g/mol. The third-order valence-corrected chi connectivity index (χ3v) is 3.97. The summed E-state index contributed by atoms with van der Waals surface area (Å²) in [5, 5.41) is 24.7. The van der Waals surface area contributed by atoms with Crippen LogP contribution < -0.4 is 10.2 Å². The Labute approximate surface area is 128 Å². The number of halogens is 1. The number of fused-ring (bicyclic) bond motifs is 1. The Hall–Kier alpha value is -2.27. The summed E-state index contributed by atoms with van der Waals surface area (Å²) in [7, 11) is 0. The summed E-state index contributed by atoms with van der Waals surface area (Å²) in [6, 6.07) is 3.97. The van der Waals surface area contributed by atoms with Crippen LogP contribution >= 0.6 is 15.9 Å². The molecule has 1 aliphatic heterocycles. The lowest BCUT2D eigenvalue weighted by Crippen LogP contribution is -2.36. The zero-order chi connectivity index (χ0) is 15.0. The van der Waals surface area contributed by atoms with Gasteiger partial charge in [0.25, 0.3) is 0 Å². The fraction of sp³-hybridized carbons (Fsp3) is 0.308. The van der Waals surface area contributed by atoms with Gasteiger partial charge in [-0.25, -0.2) is 9.31 Å². The Balaban J connectivity index is 1.99. The summed E-state index contributed by atoms with van der Waals surface area (Å²) in [4.78, 5) is 12.8. The molecule has 7 nitrogen and oxygen atoms in total. The van der Waals surface area contributed by atoms with Crippen LogP contribution in [0.15, 0.2) is 22.9 Å². The maximum atomic E-state index is 10.7. The van der Waals surface area contributed by atoms with Gasteiger partial charge in [-0.2, -0.15) is 10.4 Å². The third-order valence-electron chi connectivity index (χ3n) is 3.54. The van der Waals surface area contributed by atoms with E-state index in [1.807, 2.05) is 6.07 Å². The minimum Gasteiger partial charge on any atom is -0.465 e. The van der Waals surface area contributed by atoms with E-state index in [9.17, 15) is 10.1 Å². The summed E-state index contributed by atoms with van der Waals surface area (Å²) in [6.45, 7) is 1.31. The molecule has 0 aliphatic carbocycles. The number of pyridine rings is 1. The molecule has 1 fully saturated rings. The van der Waals surface area contributed by atoms with E-state index in [0.29, 0.717) is 12.1 Å². The van der Waals surface area contributed by atoms with Crippen molar-refractivity contribution in [1.82, 2.24) is 14.9 Å². The molecule has 1 amide bonds. The Kier molecular flexibility index (Phi) is 3.43. The first-order valence-electron chi connectivity index (χ1n) is 6.40. The minimum atomic E-state index is -1.01. The normalized spacial score (nSPS) is 17.9. The van der Waals surface area contributed by atoms with Crippen LogP contribution in [-0.2, 0) is 0 Å². The lowest BCUT2D eigenvalue weighted by molar-refractivity contribution is 0.191. The van der Waals surface area contributed by atoms with Crippen molar-refractivity contribution in [3.63, 3.8) is 0 Å². The van der Waals surface area contributed by atoms with Crippen molar-refractivity contribution in [2.24, 2.45) is 0 Å². The van der Waals surface area contributed by atoms with Crippen molar-refractivity contribution in [3.8, 4) is 6.07 Å². The fourth-order valence-corrected chi connectivity index (χ4v) is 3.07. The maximum absolute atomic E-state index is 10.7. The average Bonchev–Trinajstić information content (AvgIpc) is 3.03. The van der Waals surface area contributed by atoms with Crippen LogP contribution in [0.25, 0.3) is 5.52 Å². The third kappa shape index (κ3) is 2.52. The Morgan fingerprint density at radius 2 is 2.43 bits per heavy atom. The highest BCUT2D eigenvalue weighted by Crippen LogP contribution is 2.30. The van der Waals surface area contributed by atoms with E-state index in [4.69, 9.17) is 5.11 Å². The molecule has 108 valence electrons. The second-order valence-corrected chi connectivity index (χ2v) is 5.80. The molecule has 1 unspecified atom stereocenters. The molecule has 0 radical (unpaired) electrons. The van der Waals surface area contributed by atoms with Crippen LogP contribution in [0.3, 0.4) is 0 Å². The van der Waals surface area contributed by atoms with Gasteiger partial charge >= 0.3 is 6.09 Å². The Morgan fingerprint density at radius 1 is 1.62 bits per heavy atom. The first-order chi connectivity index (χ1) is 10.1. The number of nitrogens with zero attached hydrogens (tertiary/aromatic N) is 4. The molecule has 3 heterocycles. The van der Waals surface area contributed by atoms with Crippen LogP contribution in [-0.4, -0.2) is 39.9 Å². The van der Waals surface area contributed by atoms with E-state index >= 15 is 0 Å².